The molecule has 9 nitrogen and oxygen atoms in total. The smallest absolute Gasteiger partial charge is 0.320 e. The maximum Gasteiger partial charge on any atom is 0.320 e. The number of rotatable bonds is 5. The highest BCUT2D eigenvalue weighted by Gasteiger charge is 2.18. The molecule has 3 amide bonds. The van der Waals surface area contributed by atoms with E-state index in [0.29, 0.717) is 0 Å². The van der Waals surface area contributed by atoms with Gasteiger partial charge in [-0.25, -0.2) is 9.78 Å². The van der Waals surface area contributed by atoms with E-state index in [-0.39, 0.29) is 34.8 Å². The van der Waals surface area contributed by atoms with Crippen LogP contribution in [-0.2, 0) is 9.53 Å². The molecule has 0 fully saturated rings. The van der Waals surface area contributed by atoms with E-state index in [0.717, 1.165) is 5.56 Å². The van der Waals surface area contributed by atoms with Gasteiger partial charge in [0.2, 0.25) is 11.8 Å². The molecule has 0 radical (unpaired) electrons. The molecule has 0 aliphatic rings. The van der Waals surface area contributed by atoms with Crippen molar-refractivity contribution in [1.82, 2.24) is 10.3 Å². The molecule has 27 heavy (non-hydrogen) atoms. The van der Waals surface area contributed by atoms with E-state index in [1.54, 1.807) is 0 Å². The van der Waals surface area contributed by atoms with Gasteiger partial charge in [0.05, 0.1) is 18.8 Å². The molecular weight excluding hydrogens is 348 g/mol. The SMILES string of the molecule is COC(=N)c1c(N)cc(NC(=O)N[C@H](C)c2ccccc2)nc1NC(C)=O. The molecule has 6 N–H and O–H groups in total. The number of nitrogens with zero attached hydrogens (tertiary/aromatic N) is 1. The average Bonchev–Trinajstić information content (AvgIpc) is 2.61. The van der Waals surface area contributed by atoms with E-state index >= 15 is 0 Å². The number of ether oxygens (including phenoxy) is 1. The number of anilines is 3. The molecule has 1 atom stereocenters. The Balaban J connectivity index is 2.20. The number of urea groups is 1. The minimum absolute atomic E-state index is 0.0285. The minimum atomic E-state index is -0.485. The number of hydrogen-bond donors (Lipinski definition) is 5. The van der Waals surface area contributed by atoms with Gasteiger partial charge in [-0.05, 0) is 12.5 Å². The summed E-state index contributed by atoms with van der Waals surface area (Å²) in [7, 11) is 1.31. The molecule has 1 aromatic heterocycles. The van der Waals surface area contributed by atoms with E-state index in [4.69, 9.17) is 15.9 Å². The van der Waals surface area contributed by atoms with Crippen LogP contribution < -0.4 is 21.7 Å². The first-order valence-corrected chi connectivity index (χ1v) is 8.15. The molecule has 1 heterocycles. The summed E-state index contributed by atoms with van der Waals surface area (Å²) < 4.78 is 4.87. The first-order valence-electron chi connectivity index (χ1n) is 8.15. The largest absolute Gasteiger partial charge is 0.481 e. The van der Waals surface area contributed by atoms with Gasteiger partial charge < -0.3 is 21.1 Å². The number of carbonyl (C=O) groups is 2. The van der Waals surface area contributed by atoms with Crippen LogP contribution in [0, 0.1) is 5.41 Å². The second-order valence-electron chi connectivity index (χ2n) is 5.77. The standard InChI is InChI=1S/C18H22N6O3/c1-10(12-7-5-4-6-8-12)21-18(26)24-14-9-13(19)15(16(20)27-3)17(23-14)22-11(2)25/h4-10,20H,1-3H3,(H5,19,21,22,23,24,25,26)/t10-/m1/s1. The fourth-order valence-corrected chi connectivity index (χ4v) is 2.40. The number of amides is 3. The number of benzene rings is 1. The zero-order valence-electron chi connectivity index (χ0n) is 15.3. The van der Waals surface area contributed by atoms with Crippen molar-refractivity contribution >= 4 is 35.2 Å². The van der Waals surface area contributed by atoms with Crippen LogP contribution >= 0.6 is 0 Å². The quantitative estimate of drug-likeness (QED) is 0.406. The highest BCUT2D eigenvalue weighted by molar-refractivity contribution is 6.05. The third-order valence-electron chi connectivity index (χ3n) is 3.66. The number of aromatic nitrogens is 1. The van der Waals surface area contributed by atoms with Crippen LogP contribution in [0.5, 0.6) is 0 Å². The lowest BCUT2D eigenvalue weighted by atomic mass is 10.1. The third kappa shape index (κ3) is 5.18. The monoisotopic (exact) mass is 370 g/mol. The zero-order valence-corrected chi connectivity index (χ0v) is 15.3. The molecule has 2 rings (SSSR count). The number of nitrogens with one attached hydrogen (secondary N) is 4. The van der Waals surface area contributed by atoms with Gasteiger partial charge in [-0.15, -0.1) is 0 Å². The van der Waals surface area contributed by atoms with Crippen molar-refractivity contribution in [3.8, 4) is 0 Å². The van der Waals surface area contributed by atoms with Crippen LogP contribution in [0.2, 0.25) is 0 Å². The van der Waals surface area contributed by atoms with E-state index < -0.39 is 11.9 Å². The zero-order chi connectivity index (χ0) is 20.0. The lowest BCUT2D eigenvalue weighted by Gasteiger charge is -2.17. The Morgan fingerprint density at radius 2 is 1.89 bits per heavy atom. The Morgan fingerprint density at radius 1 is 1.22 bits per heavy atom. The number of carbonyl (C=O) groups excluding carboxylic acids is 2. The first-order chi connectivity index (χ1) is 12.8. The van der Waals surface area contributed by atoms with E-state index in [1.165, 1.54) is 20.1 Å². The summed E-state index contributed by atoms with van der Waals surface area (Å²) >= 11 is 0. The molecule has 0 bridgehead atoms. The van der Waals surface area contributed by atoms with Crippen LogP contribution in [0.4, 0.5) is 22.1 Å². The average molecular weight is 370 g/mol. The normalized spacial score (nSPS) is 11.2. The van der Waals surface area contributed by atoms with Gasteiger partial charge in [-0.3, -0.25) is 15.5 Å². The second-order valence-corrected chi connectivity index (χ2v) is 5.77. The summed E-state index contributed by atoms with van der Waals surface area (Å²) in [6.07, 6.45) is 0. The Hall–Kier alpha value is -3.62. The molecule has 0 unspecified atom stereocenters. The van der Waals surface area contributed by atoms with Crippen molar-refractivity contribution in [2.45, 2.75) is 19.9 Å². The van der Waals surface area contributed by atoms with Gasteiger partial charge in [-0.2, -0.15) is 0 Å². The van der Waals surface area contributed by atoms with Crippen molar-refractivity contribution in [2.75, 3.05) is 23.5 Å². The number of methoxy groups -OCH3 is 1. The summed E-state index contributed by atoms with van der Waals surface area (Å²) in [6.45, 7) is 3.15. The molecule has 9 heteroatoms. The summed E-state index contributed by atoms with van der Waals surface area (Å²) in [6, 6.07) is 10.2. The predicted molar refractivity (Wildman–Crippen MR) is 104 cm³/mol. The number of nitrogen functional groups attached to an aromatic ring is 1. The molecule has 0 aliphatic carbocycles. The van der Waals surface area contributed by atoms with Gasteiger partial charge >= 0.3 is 6.03 Å². The number of pyridine rings is 1. The van der Waals surface area contributed by atoms with Crippen LogP contribution in [0.1, 0.15) is 31.0 Å². The second kappa shape index (κ2) is 8.65. The predicted octanol–water partition coefficient (Wildman–Crippen LogP) is 2.48. The van der Waals surface area contributed by atoms with Crippen molar-refractivity contribution in [2.24, 2.45) is 0 Å². The lowest BCUT2D eigenvalue weighted by molar-refractivity contribution is -0.114. The van der Waals surface area contributed by atoms with Gasteiger partial charge in [0.25, 0.3) is 0 Å². The van der Waals surface area contributed by atoms with Crippen molar-refractivity contribution in [3.63, 3.8) is 0 Å². The summed E-state index contributed by atoms with van der Waals surface area (Å²) in [5.41, 5.74) is 7.17. The van der Waals surface area contributed by atoms with Crippen LogP contribution in [0.3, 0.4) is 0 Å². The summed E-state index contributed by atoms with van der Waals surface area (Å²) in [5.74, 6) is -0.494. The Morgan fingerprint density at radius 3 is 2.48 bits per heavy atom. The molecular formula is C18H22N6O3. The lowest BCUT2D eigenvalue weighted by Crippen LogP contribution is -2.31. The summed E-state index contributed by atoms with van der Waals surface area (Å²) in [5, 5.41) is 15.7. The summed E-state index contributed by atoms with van der Waals surface area (Å²) in [4.78, 5) is 27.8. The Labute approximate surface area is 156 Å². The molecule has 142 valence electrons. The van der Waals surface area contributed by atoms with Crippen LogP contribution in [-0.4, -0.2) is 29.9 Å². The topological polar surface area (TPSA) is 142 Å². The minimum Gasteiger partial charge on any atom is -0.481 e. The number of nitrogens with two attached hydrogens (primary N) is 1. The Bertz CT molecular complexity index is 854. The van der Waals surface area contributed by atoms with E-state index in [2.05, 4.69) is 20.9 Å². The first kappa shape index (κ1) is 19.7. The van der Waals surface area contributed by atoms with E-state index in [1.807, 2.05) is 37.3 Å². The van der Waals surface area contributed by atoms with Crippen molar-refractivity contribution < 1.29 is 14.3 Å². The maximum atomic E-state index is 12.3. The highest BCUT2D eigenvalue weighted by Crippen LogP contribution is 2.25. The molecule has 2 aromatic rings. The van der Waals surface area contributed by atoms with Crippen molar-refractivity contribution in [3.05, 3.63) is 47.5 Å². The fraction of sp³-hybridized carbons (Fsp3) is 0.222. The molecule has 0 aliphatic heterocycles. The number of hydrogen-bond acceptors (Lipinski definition) is 6. The maximum absolute atomic E-state index is 12.3. The molecule has 0 saturated heterocycles. The molecule has 0 saturated carbocycles. The Kier molecular flexibility index (Phi) is 6.32. The van der Waals surface area contributed by atoms with E-state index in [9.17, 15) is 9.59 Å². The van der Waals surface area contributed by atoms with Gasteiger partial charge in [-0.1, -0.05) is 30.3 Å². The fourth-order valence-electron chi connectivity index (χ4n) is 2.40. The third-order valence-corrected chi connectivity index (χ3v) is 3.66. The molecule has 0 spiro atoms. The van der Waals surface area contributed by atoms with Gasteiger partial charge in [0.1, 0.15) is 17.2 Å². The van der Waals surface area contributed by atoms with Crippen molar-refractivity contribution in [1.29, 1.82) is 5.41 Å². The van der Waals surface area contributed by atoms with Crippen LogP contribution in [0.25, 0.3) is 0 Å². The van der Waals surface area contributed by atoms with Gasteiger partial charge in [0, 0.05) is 13.0 Å². The molecule has 1 aromatic carbocycles. The highest BCUT2D eigenvalue weighted by atomic mass is 16.5. The van der Waals surface area contributed by atoms with Gasteiger partial charge in [0.15, 0.2) is 0 Å². The van der Waals surface area contributed by atoms with Crippen LogP contribution in [0.15, 0.2) is 36.4 Å².